The summed E-state index contributed by atoms with van der Waals surface area (Å²) in [5.41, 5.74) is 4.11. The topological polar surface area (TPSA) is 81.9 Å². The van der Waals surface area contributed by atoms with Gasteiger partial charge < -0.3 is 14.0 Å². The zero-order valence-corrected chi connectivity index (χ0v) is 15.5. The molecule has 0 spiro atoms. The molecule has 0 saturated heterocycles. The van der Waals surface area contributed by atoms with Crippen molar-refractivity contribution >= 4 is 29.0 Å². The normalized spacial score (nSPS) is 10.9. The lowest BCUT2D eigenvalue weighted by molar-refractivity contribution is -0.143. The van der Waals surface area contributed by atoms with Gasteiger partial charge in [0.25, 0.3) is 5.91 Å². The summed E-state index contributed by atoms with van der Waals surface area (Å²) in [7, 11) is 0. The molecule has 28 heavy (non-hydrogen) atoms. The Morgan fingerprint density at radius 2 is 1.86 bits per heavy atom. The zero-order valence-electron chi connectivity index (χ0n) is 15.5. The Hall–Kier alpha value is -3.61. The van der Waals surface area contributed by atoms with Gasteiger partial charge in [0.05, 0.1) is 12.8 Å². The van der Waals surface area contributed by atoms with E-state index in [-0.39, 0.29) is 25.0 Å². The number of benzene rings is 2. The first kappa shape index (κ1) is 19.2. The van der Waals surface area contributed by atoms with Crippen LogP contribution in [-0.4, -0.2) is 35.9 Å². The monoisotopic (exact) mass is 379 g/mol. The maximum absolute atomic E-state index is 11.9. The van der Waals surface area contributed by atoms with Gasteiger partial charge in [0, 0.05) is 22.7 Å². The molecule has 3 rings (SSSR count). The Balaban J connectivity index is 1.64. The second kappa shape index (κ2) is 9.36. The van der Waals surface area contributed by atoms with Crippen molar-refractivity contribution in [3.05, 3.63) is 66.4 Å². The van der Waals surface area contributed by atoms with E-state index in [0.717, 1.165) is 16.5 Å². The third-order valence-electron chi connectivity index (χ3n) is 3.93. The Labute approximate surface area is 162 Å². The molecule has 1 heterocycles. The molecule has 0 aliphatic rings. The Morgan fingerprint density at radius 3 is 2.64 bits per heavy atom. The zero-order chi connectivity index (χ0) is 19.8. The van der Waals surface area contributed by atoms with Crippen molar-refractivity contribution < 1.29 is 19.1 Å². The molecular formula is C21H21N3O4. The van der Waals surface area contributed by atoms with Crippen molar-refractivity contribution in [1.29, 1.82) is 0 Å². The number of carbonyl (C=O) groups excluding carboxylic acids is 2. The highest BCUT2D eigenvalue weighted by atomic mass is 16.5. The van der Waals surface area contributed by atoms with E-state index in [2.05, 4.69) is 10.5 Å². The predicted octanol–water partition coefficient (Wildman–Crippen LogP) is 2.73. The molecule has 0 atom stereocenters. The molecule has 0 unspecified atom stereocenters. The van der Waals surface area contributed by atoms with Crippen molar-refractivity contribution in [1.82, 2.24) is 9.99 Å². The van der Waals surface area contributed by atoms with E-state index in [4.69, 9.17) is 9.47 Å². The number of nitrogens with one attached hydrogen (secondary N) is 1. The van der Waals surface area contributed by atoms with Crippen LogP contribution in [0.1, 0.15) is 12.5 Å². The van der Waals surface area contributed by atoms with Gasteiger partial charge in [-0.15, -0.1) is 0 Å². The van der Waals surface area contributed by atoms with Crippen LogP contribution in [0.2, 0.25) is 0 Å². The van der Waals surface area contributed by atoms with E-state index in [1.165, 1.54) is 0 Å². The van der Waals surface area contributed by atoms with Crippen molar-refractivity contribution in [2.75, 3.05) is 13.2 Å². The summed E-state index contributed by atoms with van der Waals surface area (Å²) in [5.74, 6) is -0.0582. The number of hydrogen-bond donors (Lipinski definition) is 1. The summed E-state index contributed by atoms with van der Waals surface area (Å²) in [5, 5.41) is 4.92. The number of rotatable bonds is 8. The number of esters is 1. The third-order valence-corrected chi connectivity index (χ3v) is 3.93. The lowest BCUT2D eigenvalue weighted by Gasteiger charge is -2.04. The van der Waals surface area contributed by atoms with E-state index in [1.54, 1.807) is 36.0 Å². The number of para-hydroxylation sites is 2. The molecule has 1 amide bonds. The fourth-order valence-electron chi connectivity index (χ4n) is 2.73. The van der Waals surface area contributed by atoms with Gasteiger partial charge >= 0.3 is 5.97 Å². The van der Waals surface area contributed by atoms with Gasteiger partial charge in [-0.25, -0.2) is 5.43 Å². The van der Waals surface area contributed by atoms with E-state index in [9.17, 15) is 9.59 Å². The number of hydrogen-bond acceptors (Lipinski definition) is 5. The Bertz CT molecular complexity index is 980. The summed E-state index contributed by atoms with van der Waals surface area (Å²) >= 11 is 0. The van der Waals surface area contributed by atoms with Crippen molar-refractivity contribution in [3.8, 4) is 5.75 Å². The molecule has 0 fully saturated rings. The Kier molecular flexibility index (Phi) is 6.41. The molecule has 2 aromatic carbocycles. The minimum atomic E-state index is -0.365. The molecule has 1 aromatic heterocycles. The fraction of sp³-hybridized carbons (Fsp3) is 0.190. The van der Waals surface area contributed by atoms with Crippen LogP contribution in [0, 0.1) is 0 Å². The fourth-order valence-corrected chi connectivity index (χ4v) is 2.73. The summed E-state index contributed by atoms with van der Waals surface area (Å²) in [4.78, 5) is 23.7. The molecule has 0 aliphatic heterocycles. The van der Waals surface area contributed by atoms with Gasteiger partial charge in [-0.2, -0.15) is 5.10 Å². The van der Waals surface area contributed by atoms with Crippen molar-refractivity contribution in [3.63, 3.8) is 0 Å². The van der Waals surface area contributed by atoms with Crippen LogP contribution >= 0.6 is 0 Å². The number of carbonyl (C=O) groups is 2. The number of ether oxygens (including phenoxy) is 2. The summed E-state index contributed by atoms with van der Waals surface area (Å²) in [6.07, 6.45) is 3.35. The van der Waals surface area contributed by atoms with E-state index in [0.29, 0.717) is 12.4 Å². The van der Waals surface area contributed by atoms with Crippen LogP contribution in [0.5, 0.6) is 5.75 Å². The Morgan fingerprint density at radius 1 is 1.11 bits per heavy atom. The number of nitrogens with zero attached hydrogens (tertiary/aromatic N) is 2. The second-order valence-electron chi connectivity index (χ2n) is 5.93. The van der Waals surface area contributed by atoms with Gasteiger partial charge in [-0.3, -0.25) is 9.59 Å². The minimum absolute atomic E-state index is 0.111. The lowest BCUT2D eigenvalue weighted by Crippen LogP contribution is -2.24. The maximum atomic E-state index is 11.9. The average molecular weight is 379 g/mol. The molecule has 1 N–H and O–H groups in total. The van der Waals surface area contributed by atoms with Crippen LogP contribution in [0.15, 0.2) is 65.9 Å². The van der Waals surface area contributed by atoms with Crippen LogP contribution in [-0.2, 0) is 20.9 Å². The minimum Gasteiger partial charge on any atom is -0.484 e. The molecule has 0 aliphatic carbocycles. The smallest absolute Gasteiger partial charge is 0.325 e. The highest BCUT2D eigenvalue weighted by Crippen LogP contribution is 2.20. The molecule has 3 aromatic rings. The van der Waals surface area contributed by atoms with E-state index in [1.807, 2.05) is 42.5 Å². The quantitative estimate of drug-likeness (QED) is 0.371. The molecule has 144 valence electrons. The number of hydrazone groups is 1. The molecule has 0 saturated carbocycles. The van der Waals surface area contributed by atoms with Crippen LogP contribution in [0.25, 0.3) is 10.9 Å². The molecule has 7 heteroatoms. The van der Waals surface area contributed by atoms with Gasteiger partial charge in [0.15, 0.2) is 6.61 Å². The molecule has 0 radical (unpaired) electrons. The van der Waals surface area contributed by atoms with E-state index < -0.39 is 0 Å². The summed E-state index contributed by atoms with van der Waals surface area (Å²) < 4.78 is 12.2. The van der Waals surface area contributed by atoms with Gasteiger partial charge in [-0.1, -0.05) is 36.4 Å². The molecule has 0 bridgehead atoms. The highest BCUT2D eigenvalue weighted by Gasteiger charge is 2.10. The standard InChI is InChI=1S/C21H21N3O4/c1-2-27-21(26)14-24-13-16(18-10-6-7-11-19(18)24)12-22-23-20(25)15-28-17-8-4-3-5-9-17/h3-13H,2,14-15H2,1H3,(H,23,25)/b22-12-. The van der Waals surface area contributed by atoms with Gasteiger partial charge in [0.1, 0.15) is 12.3 Å². The van der Waals surface area contributed by atoms with Gasteiger partial charge in [-0.05, 0) is 25.1 Å². The third kappa shape index (κ3) is 4.97. The van der Waals surface area contributed by atoms with Crippen molar-refractivity contribution in [2.45, 2.75) is 13.5 Å². The van der Waals surface area contributed by atoms with Crippen LogP contribution in [0.4, 0.5) is 0 Å². The largest absolute Gasteiger partial charge is 0.484 e. The number of amides is 1. The molecular weight excluding hydrogens is 358 g/mol. The van der Waals surface area contributed by atoms with Crippen molar-refractivity contribution in [2.24, 2.45) is 5.10 Å². The number of aromatic nitrogens is 1. The van der Waals surface area contributed by atoms with E-state index >= 15 is 0 Å². The van der Waals surface area contributed by atoms with Gasteiger partial charge in [0.2, 0.25) is 0 Å². The predicted molar refractivity (Wildman–Crippen MR) is 106 cm³/mol. The number of fused-ring (bicyclic) bond motifs is 1. The first-order chi connectivity index (χ1) is 13.7. The maximum Gasteiger partial charge on any atom is 0.325 e. The van der Waals surface area contributed by atoms with Crippen LogP contribution in [0.3, 0.4) is 0 Å². The SMILES string of the molecule is CCOC(=O)Cn1cc(/C=N\NC(=O)COc2ccccc2)c2ccccc21. The lowest BCUT2D eigenvalue weighted by atomic mass is 10.2. The van der Waals surface area contributed by atoms with Crippen LogP contribution < -0.4 is 10.2 Å². The molecule has 7 nitrogen and oxygen atoms in total. The first-order valence-electron chi connectivity index (χ1n) is 8.90. The highest BCUT2D eigenvalue weighted by molar-refractivity contribution is 6.00. The summed E-state index contributed by atoms with van der Waals surface area (Å²) in [6.45, 7) is 2.09. The second-order valence-corrected chi connectivity index (χ2v) is 5.93. The summed E-state index contributed by atoms with van der Waals surface area (Å²) in [6, 6.07) is 16.7. The first-order valence-corrected chi connectivity index (χ1v) is 8.90. The average Bonchev–Trinajstić information content (AvgIpc) is 3.05.